The van der Waals surface area contributed by atoms with E-state index < -0.39 is 0 Å². The third-order valence-corrected chi connectivity index (χ3v) is 2.94. The zero-order valence-electron chi connectivity index (χ0n) is 10.6. The molecule has 0 aliphatic carbocycles. The molecule has 1 heterocycles. The summed E-state index contributed by atoms with van der Waals surface area (Å²) in [6, 6.07) is 0. The third kappa shape index (κ3) is 5.72. The first-order valence-corrected chi connectivity index (χ1v) is 6.34. The lowest BCUT2D eigenvalue weighted by molar-refractivity contribution is -0.804. The van der Waals surface area contributed by atoms with Crippen molar-refractivity contribution in [3.63, 3.8) is 0 Å². The molecule has 16 heavy (non-hydrogen) atoms. The number of rotatable bonds is 7. The number of hydrogen-bond donors (Lipinski definition) is 1. The van der Waals surface area contributed by atoms with Gasteiger partial charge in [-0.3, -0.25) is 4.90 Å². The van der Waals surface area contributed by atoms with E-state index in [0.29, 0.717) is 0 Å². The van der Waals surface area contributed by atoms with E-state index in [1.54, 1.807) is 10.6 Å². The molecule has 0 saturated carbocycles. The number of nitrogens with zero attached hydrogens (tertiary/aromatic N) is 1. The van der Waals surface area contributed by atoms with Crippen LogP contribution in [0.2, 0.25) is 0 Å². The summed E-state index contributed by atoms with van der Waals surface area (Å²) in [7, 11) is 0. The average Bonchev–Trinajstić information content (AvgIpc) is 2.79. The summed E-state index contributed by atoms with van der Waals surface area (Å²) in [5.74, 6) is 0. The van der Waals surface area contributed by atoms with Crippen molar-refractivity contribution in [3.8, 4) is 0 Å². The van der Waals surface area contributed by atoms with Crippen LogP contribution in [-0.2, 0) is 0 Å². The van der Waals surface area contributed by atoms with Gasteiger partial charge in [-0.2, -0.15) is 0 Å². The van der Waals surface area contributed by atoms with Gasteiger partial charge in [0.2, 0.25) is 0 Å². The van der Waals surface area contributed by atoms with Crippen LogP contribution in [0, 0.1) is 11.8 Å². The molecule has 0 aromatic rings. The van der Waals surface area contributed by atoms with Crippen LogP contribution in [-0.4, -0.2) is 6.54 Å². The van der Waals surface area contributed by atoms with Gasteiger partial charge in [-0.05, 0) is 18.9 Å². The molecule has 1 N–H and O–H groups in total. The highest BCUT2D eigenvalue weighted by Crippen LogP contribution is 2.02. The average molecular weight is 220 g/mol. The minimum absolute atomic E-state index is 1.19. The highest BCUT2D eigenvalue weighted by molar-refractivity contribution is 5.09. The van der Waals surface area contributed by atoms with Gasteiger partial charge in [0.15, 0.2) is 0 Å². The minimum atomic E-state index is 1.19. The fourth-order valence-corrected chi connectivity index (χ4v) is 2.00. The molecule has 1 rings (SSSR count). The summed E-state index contributed by atoms with van der Waals surface area (Å²) in [6.45, 7) is 10.6. The summed E-state index contributed by atoms with van der Waals surface area (Å²) in [4.78, 5) is 1.59. The van der Waals surface area contributed by atoms with Gasteiger partial charge >= 0.3 is 0 Å². The fraction of sp³-hybridized carbons (Fsp3) is 0.643. The van der Waals surface area contributed by atoms with Gasteiger partial charge in [0, 0.05) is 12.5 Å². The molecule has 90 valence electrons. The van der Waals surface area contributed by atoms with Crippen LogP contribution in [0.1, 0.15) is 52.4 Å². The van der Waals surface area contributed by atoms with E-state index in [4.69, 9.17) is 11.8 Å². The van der Waals surface area contributed by atoms with Gasteiger partial charge in [-0.25, -0.2) is 0 Å². The largest absolute Gasteiger partial charge is 0.512 e. The number of unbranched alkanes of at least 4 members (excludes halogenated alkanes) is 4. The highest BCUT2D eigenvalue weighted by atomic mass is 15.1. The van der Waals surface area contributed by atoms with E-state index in [1.807, 2.05) is 0 Å². The summed E-state index contributed by atoms with van der Waals surface area (Å²) in [5, 5.41) is 6.25. The lowest BCUT2D eigenvalue weighted by Gasteiger charge is -2.12. The molecule has 2 heteroatoms. The molecule has 0 amide bonds. The monoisotopic (exact) mass is 220 g/mol. The van der Waals surface area contributed by atoms with Crippen molar-refractivity contribution >= 4 is 0 Å². The zero-order chi connectivity index (χ0) is 12.2. The van der Waals surface area contributed by atoms with Gasteiger partial charge in [-0.15, -0.1) is 0 Å². The summed E-state index contributed by atoms with van der Waals surface area (Å²) >= 11 is 0. The van der Waals surface area contributed by atoms with Gasteiger partial charge in [0.05, 0.1) is 12.7 Å². The fourth-order valence-electron chi connectivity index (χ4n) is 2.00. The molecule has 1 atom stereocenters. The smallest absolute Gasteiger partial charge is 0.112 e. The van der Waals surface area contributed by atoms with Crippen LogP contribution >= 0.6 is 0 Å². The van der Waals surface area contributed by atoms with E-state index in [-0.39, 0.29) is 0 Å². The highest BCUT2D eigenvalue weighted by Gasteiger charge is 2.13. The summed E-state index contributed by atoms with van der Waals surface area (Å²) in [6.07, 6.45) is 14.9. The van der Waals surface area contributed by atoms with Crippen LogP contribution in [0.15, 0.2) is 24.0 Å². The Balaban J connectivity index is 0.00000106. The minimum Gasteiger partial charge on any atom is -0.512 e. The Labute approximate surface area is 100 Å². The van der Waals surface area contributed by atoms with Crippen LogP contribution in [0.3, 0.4) is 0 Å². The molecule has 0 radical (unpaired) electrons. The van der Waals surface area contributed by atoms with Crippen molar-refractivity contribution in [3.05, 3.63) is 30.6 Å². The number of nitrogens with one attached hydrogen (secondary N) is 1. The molecular weight excluding hydrogens is 196 g/mol. The molecular formula is C14H24N2. The molecule has 0 aromatic heterocycles. The lowest BCUT2D eigenvalue weighted by Crippen LogP contribution is -3.04. The molecule has 1 unspecified atom stereocenters. The third-order valence-electron chi connectivity index (χ3n) is 2.94. The normalized spacial score (nSPS) is 17.8. The number of hydrogen-bond acceptors (Lipinski definition) is 1. The molecule has 0 saturated heterocycles. The Morgan fingerprint density at radius 2 is 1.81 bits per heavy atom. The van der Waals surface area contributed by atoms with Crippen molar-refractivity contribution in [1.29, 1.82) is 5.26 Å². The zero-order valence-corrected chi connectivity index (χ0v) is 10.6. The maximum absolute atomic E-state index is 6.25. The maximum Gasteiger partial charge on any atom is 0.112 e. The number of quaternary nitrogens is 1. The Bertz CT molecular complexity index is 238. The quantitative estimate of drug-likeness (QED) is 0.518. The summed E-state index contributed by atoms with van der Waals surface area (Å²) in [5.41, 5.74) is 1.56. The van der Waals surface area contributed by atoms with E-state index in [9.17, 15) is 0 Å². The molecule has 0 spiro atoms. The maximum atomic E-state index is 6.25. The second-order valence-electron chi connectivity index (χ2n) is 4.09. The van der Waals surface area contributed by atoms with E-state index in [2.05, 4.69) is 32.2 Å². The molecule has 2 nitrogen and oxygen atoms in total. The van der Waals surface area contributed by atoms with Crippen molar-refractivity contribution < 1.29 is 4.90 Å². The van der Waals surface area contributed by atoms with Crippen molar-refractivity contribution in [1.82, 2.24) is 0 Å². The van der Waals surface area contributed by atoms with Crippen molar-refractivity contribution in [2.24, 2.45) is 0 Å². The number of allylic oxidation sites excluding steroid dienone is 3. The Morgan fingerprint density at radius 3 is 2.44 bits per heavy atom. The Kier molecular flexibility index (Phi) is 9.75. The standard InChI is InChI=1S/C13H23N.CN/c1-3-5-6-7-8-11-14-12-9-10-13(14)4-2;1-2/h9-10,12H,3-8,11H2,1-2H3;/q;-1/p+1. The Hall–Kier alpha value is -1.07. The van der Waals surface area contributed by atoms with Crippen LogP contribution < -0.4 is 4.90 Å². The van der Waals surface area contributed by atoms with E-state index >= 15 is 0 Å². The first-order valence-electron chi connectivity index (χ1n) is 6.34. The predicted molar refractivity (Wildman–Crippen MR) is 67.1 cm³/mol. The predicted octanol–water partition coefficient (Wildman–Crippen LogP) is 2.76. The second-order valence-corrected chi connectivity index (χ2v) is 4.09. The van der Waals surface area contributed by atoms with E-state index in [1.165, 1.54) is 45.1 Å². The Morgan fingerprint density at radius 1 is 1.12 bits per heavy atom. The second kappa shape index (κ2) is 10.4. The van der Waals surface area contributed by atoms with Crippen LogP contribution in [0.4, 0.5) is 0 Å². The molecule has 1 aliphatic rings. The van der Waals surface area contributed by atoms with Gasteiger partial charge in [-0.1, -0.05) is 33.1 Å². The molecule has 0 aromatic carbocycles. The first kappa shape index (κ1) is 14.9. The van der Waals surface area contributed by atoms with Crippen molar-refractivity contribution in [2.75, 3.05) is 6.54 Å². The molecule has 0 fully saturated rings. The van der Waals surface area contributed by atoms with Gasteiger partial charge < -0.3 is 11.8 Å². The molecule has 1 aliphatic heterocycles. The first-order chi connectivity index (χ1) is 7.88. The lowest BCUT2D eigenvalue weighted by atomic mass is 10.1. The van der Waals surface area contributed by atoms with Gasteiger partial charge in [0.1, 0.15) is 5.70 Å². The SMILES string of the molecule is CCCCCCC[NH+]1C=CC=C1CC.[C-]#N. The summed E-state index contributed by atoms with van der Waals surface area (Å²) < 4.78 is 0. The van der Waals surface area contributed by atoms with Crippen LogP contribution in [0.25, 0.3) is 0 Å². The van der Waals surface area contributed by atoms with Gasteiger partial charge in [0.25, 0.3) is 0 Å². The molecule has 0 bridgehead atoms. The topological polar surface area (TPSA) is 28.2 Å². The van der Waals surface area contributed by atoms with Crippen molar-refractivity contribution in [2.45, 2.75) is 52.4 Å². The van der Waals surface area contributed by atoms with E-state index in [0.717, 1.165) is 0 Å². The van der Waals surface area contributed by atoms with Crippen LogP contribution in [0.5, 0.6) is 0 Å².